The van der Waals surface area contributed by atoms with Crippen LogP contribution in [0.3, 0.4) is 0 Å². The highest BCUT2D eigenvalue weighted by atomic mass is 16.5. The summed E-state index contributed by atoms with van der Waals surface area (Å²) in [6, 6.07) is 14.6. The third kappa shape index (κ3) is 4.10. The Morgan fingerprint density at radius 2 is 1.87 bits per heavy atom. The number of imidazole rings is 1. The van der Waals surface area contributed by atoms with E-state index < -0.39 is 0 Å². The minimum absolute atomic E-state index is 0.229. The Morgan fingerprint density at radius 1 is 1.03 bits per heavy atom. The summed E-state index contributed by atoms with van der Waals surface area (Å²) < 4.78 is 13.0. The van der Waals surface area contributed by atoms with Crippen molar-refractivity contribution in [3.8, 4) is 22.8 Å². The molecule has 0 unspecified atom stereocenters. The van der Waals surface area contributed by atoms with Crippen LogP contribution in [0.2, 0.25) is 0 Å². The maximum atomic E-state index is 12.8. The Balaban J connectivity index is 1.56. The number of benzene rings is 2. The lowest BCUT2D eigenvalue weighted by Gasteiger charge is -2.12. The van der Waals surface area contributed by atoms with E-state index in [9.17, 15) is 4.79 Å². The van der Waals surface area contributed by atoms with Crippen molar-refractivity contribution in [2.24, 2.45) is 0 Å². The Morgan fingerprint density at radius 3 is 2.67 bits per heavy atom. The van der Waals surface area contributed by atoms with E-state index in [-0.39, 0.29) is 5.91 Å². The van der Waals surface area contributed by atoms with Crippen LogP contribution in [0.4, 0.5) is 5.69 Å². The van der Waals surface area contributed by atoms with E-state index in [1.54, 1.807) is 24.4 Å². The van der Waals surface area contributed by atoms with Crippen molar-refractivity contribution in [2.45, 2.75) is 13.8 Å². The number of nitrogens with zero attached hydrogens (tertiary/aromatic N) is 3. The molecule has 0 aliphatic rings. The second-order valence-corrected chi connectivity index (χ2v) is 6.52. The van der Waals surface area contributed by atoms with E-state index in [4.69, 9.17) is 9.47 Å². The summed E-state index contributed by atoms with van der Waals surface area (Å²) in [6.45, 7) is 4.81. The molecule has 0 saturated heterocycles. The molecule has 1 amide bonds. The fourth-order valence-corrected chi connectivity index (χ4v) is 3.12. The summed E-state index contributed by atoms with van der Waals surface area (Å²) in [4.78, 5) is 21.6. The predicted molar refractivity (Wildman–Crippen MR) is 115 cm³/mol. The molecule has 0 saturated carbocycles. The van der Waals surface area contributed by atoms with Crippen LogP contribution in [0, 0.1) is 0 Å². The predicted octanol–water partition coefficient (Wildman–Crippen LogP) is 4.45. The third-order valence-corrected chi connectivity index (χ3v) is 4.46. The lowest BCUT2D eigenvalue weighted by molar-refractivity contribution is 0.102. The molecule has 0 aliphatic carbocycles. The summed E-state index contributed by atoms with van der Waals surface area (Å²) in [5.41, 5.74) is 2.84. The number of aromatic nitrogens is 3. The van der Waals surface area contributed by atoms with Gasteiger partial charge in [-0.05, 0) is 50.2 Å². The quantitative estimate of drug-likeness (QED) is 0.494. The minimum Gasteiger partial charge on any atom is -0.490 e. The highest BCUT2D eigenvalue weighted by Crippen LogP contribution is 2.29. The van der Waals surface area contributed by atoms with E-state index >= 15 is 0 Å². The standard InChI is InChI=1S/C23H22N4O3/c1-3-29-20-10-9-17(14-21(20)30-4-2)22(28)25-18-8-5-7-16(13-18)19-15-27-12-6-11-24-23(27)26-19/h5-15H,3-4H2,1-2H3,(H,25,28). The number of carbonyl (C=O) groups excluding carboxylic acids is 1. The van der Waals surface area contributed by atoms with Crippen molar-refractivity contribution in [1.29, 1.82) is 0 Å². The van der Waals surface area contributed by atoms with E-state index in [1.807, 2.05) is 61.0 Å². The first-order valence-corrected chi connectivity index (χ1v) is 9.79. The molecule has 4 aromatic rings. The van der Waals surface area contributed by atoms with Gasteiger partial charge >= 0.3 is 0 Å². The molecule has 0 spiro atoms. The summed E-state index contributed by atoms with van der Waals surface area (Å²) in [7, 11) is 0. The molecule has 7 heteroatoms. The molecule has 2 heterocycles. The molecule has 152 valence electrons. The number of hydrogen-bond acceptors (Lipinski definition) is 5. The first-order chi connectivity index (χ1) is 14.7. The normalized spacial score (nSPS) is 10.7. The molecular weight excluding hydrogens is 380 g/mol. The zero-order valence-corrected chi connectivity index (χ0v) is 16.8. The van der Waals surface area contributed by atoms with Crippen molar-refractivity contribution < 1.29 is 14.3 Å². The van der Waals surface area contributed by atoms with Crippen LogP contribution in [0.5, 0.6) is 11.5 Å². The largest absolute Gasteiger partial charge is 0.490 e. The number of hydrogen-bond donors (Lipinski definition) is 1. The van der Waals surface area contributed by atoms with Gasteiger partial charge in [-0.2, -0.15) is 0 Å². The zero-order valence-electron chi connectivity index (χ0n) is 16.8. The Bertz CT molecular complexity index is 1150. The topological polar surface area (TPSA) is 77.8 Å². The van der Waals surface area contributed by atoms with Gasteiger partial charge in [0.15, 0.2) is 11.5 Å². The van der Waals surface area contributed by atoms with Crippen molar-refractivity contribution in [2.75, 3.05) is 18.5 Å². The average Bonchev–Trinajstić information content (AvgIpc) is 3.20. The second-order valence-electron chi connectivity index (χ2n) is 6.52. The molecule has 0 atom stereocenters. The zero-order chi connectivity index (χ0) is 20.9. The molecule has 7 nitrogen and oxygen atoms in total. The van der Waals surface area contributed by atoms with Gasteiger partial charge in [-0.1, -0.05) is 12.1 Å². The van der Waals surface area contributed by atoms with Crippen LogP contribution in [0.15, 0.2) is 67.1 Å². The maximum Gasteiger partial charge on any atom is 0.255 e. The fraction of sp³-hybridized carbons (Fsp3) is 0.174. The molecule has 30 heavy (non-hydrogen) atoms. The van der Waals surface area contributed by atoms with Gasteiger partial charge in [0.1, 0.15) is 0 Å². The molecule has 0 radical (unpaired) electrons. The molecule has 2 aromatic carbocycles. The number of nitrogens with one attached hydrogen (secondary N) is 1. The number of fused-ring (bicyclic) bond motifs is 1. The average molecular weight is 402 g/mol. The van der Waals surface area contributed by atoms with Gasteiger partial charge in [0.05, 0.1) is 18.9 Å². The molecule has 0 bridgehead atoms. The Hall–Kier alpha value is -3.87. The molecule has 2 aromatic heterocycles. The molecule has 0 fully saturated rings. The number of carbonyl (C=O) groups is 1. The van der Waals surface area contributed by atoms with E-state index in [0.29, 0.717) is 41.7 Å². The molecule has 1 N–H and O–H groups in total. The van der Waals surface area contributed by atoms with Crippen LogP contribution in [-0.4, -0.2) is 33.5 Å². The van der Waals surface area contributed by atoms with Crippen LogP contribution >= 0.6 is 0 Å². The van der Waals surface area contributed by atoms with Crippen molar-refractivity contribution in [3.63, 3.8) is 0 Å². The number of amides is 1. The number of ether oxygens (including phenoxy) is 2. The first-order valence-electron chi connectivity index (χ1n) is 9.79. The van der Waals surface area contributed by atoms with Crippen molar-refractivity contribution in [1.82, 2.24) is 14.4 Å². The number of rotatable bonds is 7. The lowest BCUT2D eigenvalue weighted by atomic mass is 10.1. The van der Waals surface area contributed by atoms with Crippen molar-refractivity contribution in [3.05, 3.63) is 72.7 Å². The smallest absolute Gasteiger partial charge is 0.255 e. The van der Waals surface area contributed by atoms with Crippen LogP contribution in [0.25, 0.3) is 17.0 Å². The summed E-state index contributed by atoms with van der Waals surface area (Å²) in [5.74, 6) is 1.57. The SMILES string of the molecule is CCOc1ccc(C(=O)Nc2cccc(-c3cn4cccnc4n3)c2)cc1OCC. The molecular formula is C23H22N4O3. The lowest BCUT2D eigenvalue weighted by Crippen LogP contribution is -2.12. The highest BCUT2D eigenvalue weighted by molar-refractivity contribution is 6.04. The fourth-order valence-electron chi connectivity index (χ4n) is 3.12. The van der Waals surface area contributed by atoms with Gasteiger partial charge in [-0.25, -0.2) is 9.97 Å². The molecule has 0 aliphatic heterocycles. The van der Waals surface area contributed by atoms with E-state index in [2.05, 4.69) is 15.3 Å². The maximum absolute atomic E-state index is 12.8. The van der Waals surface area contributed by atoms with Crippen LogP contribution < -0.4 is 14.8 Å². The van der Waals surface area contributed by atoms with Crippen molar-refractivity contribution >= 4 is 17.4 Å². The molecule has 4 rings (SSSR count). The van der Waals surface area contributed by atoms with Gasteiger partial charge in [0.2, 0.25) is 5.78 Å². The summed E-state index contributed by atoms with van der Waals surface area (Å²) in [6.07, 6.45) is 5.51. The minimum atomic E-state index is -0.229. The van der Waals surface area contributed by atoms with Gasteiger partial charge in [-0.3, -0.25) is 9.20 Å². The third-order valence-electron chi connectivity index (χ3n) is 4.46. The van der Waals surface area contributed by atoms with Gasteiger partial charge in [-0.15, -0.1) is 0 Å². The van der Waals surface area contributed by atoms with E-state index in [0.717, 1.165) is 11.3 Å². The summed E-state index contributed by atoms with van der Waals surface area (Å²) in [5, 5.41) is 2.94. The summed E-state index contributed by atoms with van der Waals surface area (Å²) >= 11 is 0. The van der Waals surface area contributed by atoms with Crippen LogP contribution in [0.1, 0.15) is 24.2 Å². The van der Waals surface area contributed by atoms with Gasteiger partial charge in [0.25, 0.3) is 5.91 Å². The highest BCUT2D eigenvalue weighted by Gasteiger charge is 2.13. The van der Waals surface area contributed by atoms with E-state index in [1.165, 1.54) is 0 Å². The first kappa shape index (κ1) is 19.4. The second kappa shape index (κ2) is 8.65. The monoisotopic (exact) mass is 402 g/mol. The Labute approximate surface area is 174 Å². The Kier molecular flexibility index (Phi) is 5.61. The van der Waals surface area contributed by atoms with Gasteiger partial charge < -0.3 is 14.8 Å². The van der Waals surface area contributed by atoms with Crippen LogP contribution in [-0.2, 0) is 0 Å². The number of anilines is 1. The van der Waals surface area contributed by atoms with Gasteiger partial charge in [0, 0.05) is 35.4 Å².